The minimum absolute atomic E-state index is 0.521. The van der Waals surface area contributed by atoms with Crippen LogP contribution in [-0.2, 0) is 19.9 Å². The fourth-order valence-corrected chi connectivity index (χ4v) is 3.96. The number of pyridine rings is 1. The van der Waals surface area contributed by atoms with Crippen LogP contribution in [-0.4, -0.2) is 14.5 Å². The molecule has 31 heavy (non-hydrogen) atoms. The summed E-state index contributed by atoms with van der Waals surface area (Å²) >= 11 is 6.25. The number of nitrogens with zero attached hydrogens (tertiary/aromatic N) is 3. The molecule has 5 nitrogen and oxygen atoms in total. The van der Waals surface area contributed by atoms with Gasteiger partial charge < -0.3 is 15.0 Å². The van der Waals surface area contributed by atoms with Crippen LogP contribution in [0.4, 0.5) is 5.69 Å². The Morgan fingerprint density at radius 1 is 0.935 bits per heavy atom. The van der Waals surface area contributed by atoms with E-state index in [1.54, 1.807) is 0 Å². The number of imidazole rings is 1. The van der Waals surface area contributed by atoms with Gasteiger partial charge in [0.05, 0.1) is 21.6 Å². The third kappa shape index (κ3) is 3.92. The number of rotatable bonds is 5. The van der Waals surface area contributed by atoms with E-state index in [2.05, 4.69) is 21.7 Å². The Morgan fingerprint density at radius 2 is 1.77 bits per heavy atom. The van der Waals surface area contributed by atoms with Crippen molar-refractivity contribution in [3.8, 4) is 11.6 Å². The third-order valence-corrected chi connectivity index (χ3v) is 5.73. The summed E-state index contributed by atoms with van der Waals surface area (Å²) in [6.45, 7) is 0. The lowest BCUT2D eigenvalue weighted by Crippen LogP contribution is -2.00. The lowest BCUT2D eigenvalue weighted by molar-refractivity contribution is 0.465. The van der Waals surface area contributed by atoms with Gasteiger partial charge in [0.15, 0.2) is 0 Å². The molecule has 0 spiro atoms. The molecule has 0 atom stereocenters. The highest BCUT2D eigenvalue weighted by Crippen LogP contribution is 2.27. The zero-order valence-corrected chi connectivity index (χ0v) is 17.8. The molecule has 0 aliphatic rings. The number of aryl methyl sites for hydroxylation is 3. The Morgan fingerprint density at radius 3 is 2.61 bits per heavy atom. The third-order valence-electron chi connectivity index (χ3n) is 5.43. The fourth-order valence-electron chi connectivity index (χ4n) is 3.73. The number of nitrogen functional groups attached to an aromatic ring is 1. The number of hydrogen-bond acceptors (Lipinski definition) is 4. The van der Waals surface area contributed by atoms with Gasteiger partial charge in [-0.25, -0.2) is 9.97 Å². The van der Waals surface area contributed by atoms with E-state index in [4.69, 9.17) is 27.1 Å². The van der Waals surface area contributed by atoms with Gasteiger partial charge >= 0.3 is 0 Å². The van der Waals surface area contributed by atoms with Gasteiger partial charge in [-0.3, -0.25) is 0 Å². The Labute approximate surface area is 185 Å². The minimum Gasteiger partial charge on any atom is -0.439 e. The van der Waals surface area contributed by atoms with Crippen LogP contribution in [0.5, 0.6) is 11.6 Å². The van der Waals surface area contributed by atoms with Crippen molar-refractivity contribution in [1.82, 2.24) is 14.5 Å². The van der Waals surface area contributed by atoms with Crippen LogP contribution in [0, 0.1) is 0 Å². The summed E-state index contributed by atoms with van der Waals surface area (Å²) in [5.41, 5.74) is 10.6. The van der Waals surface area contributed by atoms with Crippen LogP contribution < -0.4 is 10.5 Å². The SMILES string of the molecule is Cn1c(CCc2ccc(Oc3ccc4cccc(Cl)c4n3)cc2)nc2ccc(N)cc21. The highest BCUT2D eigenvalue weighted by molar-refractivity contribution is 6.35. The first kappa shape index (κ1) is 19.4. The summed E-state index contributed by atoms with van der Waals surface area (Å²) in [5, 5.41) is 1.60. The summed E-state index contributed by atoms with van der Waals surface area (Å²) in [6.07, 6.45) is 1.73. The normalized spacial score (nSPS) is 11.3. The number of para-hydroxylation sites is 1. The molecule has 0 saturated heterocycles. The number of ether oxygens (including phenoxy) is 1. The molecule has 0 aliphatic carbocycles. The Hall–Kier alpha value is -3.57. The molecule has 3 aromatic carbocycles. The summed E-state index contributed by atoms with van der Waals surface area (Å²) in [7, 11) is 2.03. The number of anilines is 1. The predicted molar refractivity (Wildman–Crippen MR) is 126 cm³/mol. The van der Waals surface area contributed by atoms with E-state index in [1.165, 1.54) is 5.56 Å². The van der Waals surface area contributed by atoms with Crippen molar-refractivity contribution >= 4 is 39.2 Å². The predicted octanol–water partition coefficient (Wildman–Crippen LogP) is 5.93. The van der Waals surface area contributed by atoms with Gasteiger partial charge in [0.1, 0.15) is 11.6 Å². The summed E-state index contributed by atoms with van der Waals surface area (Å²) < 4.78 is 8.04. The van der Waals surface area contributed by atoms with Crippen molar-refractivity contribution in [3.05, 3.63) is 89.2 Å². The summed E-state index contributed by atoms with van der Waals surface area (Å²) in [6, 6.07) is 23.4. The zero-order valence-electron chi connectivity index (χ0n) is 17.0. The maximum absolute atomic E-state index is 6.25. The molecule has 2 N–H and O–H groups in total. The van der Waals surface area contributed by atoms with E-state index < -0.39 is 0 Å². The molecule has 0 fully saturated rings. The van der Waals surface area contributed by atoms with Gasteiger partial charge in [-0.1, -0.05) is 35.9 Å². The maximum Gasteiger partial charge on any atom is 0.219 e. The number of aromatic nitrogens is 3. The molecule has 0 saturated carbocycles. The molecule has 5 aromatic rings. The van der Waals surface area contributed by atoms with Crippen molar-refractivity contribution in [3.63, 3.8) is 0 Å². The molecule has 6 heteroatoms. The van der Waals surface area contributed by atoms with Gasteiger partial charge in [-0.05, 0) is 54.4 Å². The maximum atomic E-state index is 6.25. The smallest absolute Gasteiger partial charge is 0.219 e. The standard InChI is InChI=1S/C25H21ClN4O/c1-30-22-15-18(27)9-12-21(22)28-23(30)13-7-16-5-10-19(11-6-16)31-24-14-8-17-3-2-4-20(26)25(17)29-24/h2-6,8-12,14-15H,7,13,27H2,1H3. The van der Waals surface area contributed by atoms with Crippen molar-refractivity contribution in [1.29, 1.82) is 0 Å². The number of fused-ring (bicyclic) bond motifs is 2. The second kappa shape index (κ2) is 7.93. The molecule has 154 valence electrons. The lowest BCUT2D eigenvalue weighted by atomic mass is 10.1. The van der Waals surface area contributed by atoms with E-state index >= 15 is 0 Å². The fraction of sp³-hybridized carbons (Fsp3) is 0.120. The number of hydrogen-bond donors (Lipinski definition) is 1. The average Bonchev–Trinajstić information content (AvgIpc) is 3.09. The molecule has 0 bridgehead atoms. The highest BCUT2D eigenvalue weighted by atomic mass is 35.5. The first-order chi connectivity index (χ1) is 15.1. The molecular weight excluding hydrogens is 408 g/mol. The number of halogens is 1. The van der Waals surface area contributed by atoms with Crippen molar-refractivity contribution in [2.45, 2.75) is 12.8 Å². The van der Waals surface area contributed by atoms with Crippen molar-refractivity contribution in [2.24, 2.45) is 7.05 Å². The Balaban J connectivity index is 1.28. The van der Waals surface area contributed by atoms with Gasteiger partial charge in [0, 0.05) is 30.6 Å². The van der Waals surface area contributed by atoms with Crippen LogP contribution in [0.1, 0.15) is 11.4 Å². The highest BCUT2D eigenvalue weighted by Gasteiger charge is 2.09. The van der Waals surface area contributed by atoms with Gasteiger partial charge in [0.2, 0.25) is 5.88 Å². The molecule has 2 heterocycles. The summed E-state index contributed by atoms with van der Waals surface area (Å²) in [4.78, 5) is 9.27. The van der Waals surface area contributed by atoms with Gasteiger partial charge in [-0.15, -0.1) is 0 Å². The lowest BCUT2D eigenvalue weighted by Gasteiger charge is -2.08. The zero-order chi connectivity index (χ0) is 21.4. The van der Waals surface area contributed by atoms with E-state index in [9.17, 15) is 0 Å². The summed E-state index contributed by atoms with van der Waals surface area (Å²) in [5.74, 6) is 2.30. The van der Waals surface area contributed by atoms with Crippen LogP contribution >= 0.6 is 11.6 Å². The molecule has 5 rings (SSSR count). The molecular formula is C25H21ClN4O. The number of nitrogens with two attached hydrogens (primary N) is 1. The van der Waals surface area contributed by atoms with E-state index in [1.807, 2.05) is 67.7 Å². The van der Waals surface area contributed by atoms with Gasteiger partial charge in [-0.2, -0.15) is 0 Å². The van der Waals surface area contributed by atoms with Crippen molar-refractivity contribution < 1.29 is 4.74 Å². The average molecular weight is 429 g/mol. The molecule has 0 radical (unpaired) electrons. The number of benzene rings is 3. The van der Waals surface area contributed by atoms with Crippen LogP contribution in [0.15, 0.2) is 72.8 Å². The molecule has 0 unspecified atom stereocenters. The van der Waals surface area contributed by atoms with E-state index in [-0.39, 0.29) is 0 Å². The molecule has 2 aromatic heterocycles. The van der Waals surface area contributed by atoms with Crippen LogP contribution in [0.2, 0.25) is 5.02 Å². The monoisotopic (exact) mass is 428 g/mol. The minimum atomic E-state index is 0.521. The van der Waals surface area contributed by atoms with E-state index in [0.29, 0.717) is 10.9 Å². The Bertz CT molecular complexity index is 1390. The second-order valence-corrected chi connectivity index (χ2v) is 7.95. The van der Waals surface area contributed by atoms with Crippen LogP contribution in [0.3, 0.4) is 0 Å². The Kier molecular flexibility index (Phi) is 4.96. The van der Waals surface area contributed by atoms with Gasteiger partial charge in [0.25, 0.3) is 0 Å². The molecule has 0 aliphatic heterocycles. The second-order valence-electron chi connectivity index (χ2n) is 7.54. The molecule has 0 amide bonds. The topological polar surface area (TPSA) is 66.0 Å². The quantitative estimate of drug-likeness (QED) is 0.352. The largest absolute Gasteiger partial charge is 0.439 e. The van der Waals surface area contributed by atoms with Crippen molar-refractivity contribution in [2.75, 3.05) is 5.73 Å². The van der Waals surface area contributed by atoms with Crippen LogP contribution in [0.25, 0.3) is 21.9 Å². The first-order valence-corrected chi connectivity index (χ1v) is 10.5. The first-order valence-electron chi connectivity index (χ1n) is 10.1. The van der Waals surface area contributed by atoms with E-state index in [0.717, 1.165) is 52.0 Å².